The molecule has 0 unspecified atom stereocenters. The molecular weight excluding hydrogens is 279 g/mol. The fourth-order valence-electron chi connectivity index (χ4n) is 2.14. The molecule has 0 bridgehead atoms. The molecule has 0 aliphatic heterocycles. The standard InChI is InChI=1S/C15H16F3N3/c1-10-5-3-4-6-12(10)21(2)14-11(9-19)7-8-13(20-14)15(16,17)18/h3-8H,9,19H2,1-2H3. The number of aromatic nitrogens is 1. The van der Waals surface area contributed by atoms with Crippen LogP contribution in [-0.4, -0.2) is 12.0 Å². The van der Waals surface area contributed by atoms with Crippen molar-refractivity contribution in [2.24, 2.45) is 5.73 Å². The highest BCUT2D eigenvalue weighted by Gasteiger charge is 2.33. The van der Waals surface area contributed by atoms with Crippen LogP contribution in [0.25, 0.3) is 0 Å². The minimum Gasteiger partial charge on any atom is -0.329 e. The van der Waals surface area contributed by atoms with Crippen molar-refractivity contribution in [2.45, 2.75) is 19.6 Å². The van der Waals surface area contributed by atoms with Crippen molar-refractivity contribution in [1.29, 1.82) is 0 Å². The Morgan fingerprint density at radius 1 is 1.14 bits per heavy atom. The predicted molar refractivity (Wildman–Crippen MR) is 76.4 cm³/mol. The van der Waals surface area contributed by atoms with Gasteiger partial charge in [0.25, 0.3) is 0 Å². The summed E-state index contributed by atoms with van der Waals surface area (Å²) in [4.78, 5) is 5.38. The van der Waals surface area contributed by atoms with E-state index in [1.54, 1.807) is 11.9 Å². The van der Waals surface area contributed by atoms with Gasteiger partial charge in [0.15, 0.2) is 0 Å². The molecule has 0 aliphatic rings. The van der Waals surface area contributed by atoms with E-state index in [1.165, 1.54) is 6.07 Å². The number of alkyl halides is 3. The van der Waals surface area contributed by atoms with E-state index in [2.05, 4.69) is 4.98 Å². The number of para-hydroxylation sites is 1. The molecule has 1 aromatic carbocycles. The molecular formula is C15H16F3N3. The van der Waals surface area contributed by atoms with Crippen LogP contribution in [0.5, 0.6) is 0 Å². The number of benzene rings is 1. The molecule has 3 nitrogen and oxygen atoms in total. The van der Waals surface area contributed by atoms with Crippen molar-refractivity contribution in [3.05, 3.63) is 53.2 Å². The summed E-state index contributed by atoms with van der Waals surface area (Å²) in [5.41, 5.74) is 7.00. The second-order valence-electron chi connectivity index (χ2n) is 4.73. The molecule has 0 spiro atoms. The van der Waals surface area contributed by atoms with Crippen molar-refractivity contribution >= 4 is 11.5 Å². The first-order chi connectivity index (χ1) is 9.84. The Morgan fingerprint density at radius 2 is 1.81 bits per heavy atom. The number of pyridine rings is 1. The van der Waals surface area contributed by atoms with Crippen LogP contribution in [0.3, 0.4) is 0 Å². The molecule has 21 heavy (non-hydrogen) atoms. The van der Waals surface area contributed by atoms with Gasteiger partial charge >= 0.3 is 6.18 Å². The molecule has 2 rings (SSSR count). The Bertz CT molecular complexity index is 638. The molecule has 0 radical (unpaired) electrons. The van der Waals surface area contributed by atoms with Gasteiger partial charge in [0.1, 0.15) is 11.5 Å². The van der Waals surface area contributed by atoms with Gasteiger partial charge in [0.2, 0.25) is 0 Å². The molecule has 6 heteroatoms. The molecule has 0 saturated heterocycles. The molecule has 0 aliphatic carbocycles. The Kier molecular flexibility index (Phi) is 4.18. The minimum atomic E-state index is -4.48. The van der Waals surface area contributed by atoms with Crippen LogP contribution >= 0.6 is 0 Å². The lowest BCUT2D eigenvalue weighted by Gasteiger charge is -2.23. The first-order valence-corrected chi connectivity index (χ1v) is 6.41. The predicted octanol–water partition coefficient (Wildman–Crippen LogP) is 3.64. The van der Waals surface area contributed by atoms with Crippen LogP contribution in [0.1, 0.15) is 16.8 Å². The van der Waals surface area contributed by atoms with Gasteiger partial charge in [-0.05, 0) is 24.6 Å². The molecule has 2 N–H and O–H groups in total. The van der Waals surface area contributed by atoms with E-state index in [1.807, 2.05) is 31.2 Å². The highest BCUT2D eigenvalue weighted by Crippen LogP contribution is 2.33. The van der Waals surface area contributed by atoms with Crippen molar-refractivity contribution < 1.29 is 13.2 Å². The molecule has 112 valence electrons. The quantitative estimate of drug-likeness (QED) is 0.940. The number of nitrogens with zero attached hydrogens (tertiary/aromatic N) is 2. The molecule has 1 aromatic heterocycles. The number of nitrogens with two attached hydrogens (primary N) is 1. The van der Waals surface area contributed by atoms with Gasteiger partial charge in [0, 0.05) is 24.8 Å². The van der Waals surface area contributed by atoms with Gasteiger partial charge in [0.05, 0.1) is 0 Å². The van der Waals surface area contributed by atoms with Crippen LogP contribution in [0.2, 0.25) is 0 Å². The maximum atomic E-state index is 12.8. The summed E-state index contributed by atoms with van der Waals surface area (Å²) in [5.74, 6) is 0.224. The smallest absolute Gasteiger partial charge is 0.329 e. The Balaban J connectivity index is 2.53. The lowest BCUT2D eigenvalue weighted by atomic mass is 10.1. The lowest BCUT2D eigenvalue weighted by Crippen LogP contribution is -2.19. The van der Waals surface area contributed by atoms with Crippen molar-refractivity contribution in [1.82, 2.24) is 4.98 Å². The average Bonchev–Trinajstić information content (AvgIpc) is 2.45. The molecule has 0 amide bonds. The summed E-state index contributed by atoms with van der Waals surface area (Å²) < 4.78 is 38.5. The molecule has 1 heterocycles. The fraction of sp³-hybridized carbons (Fsp3) is 0.267. The summed E-state index contributed by atoms with van der Waals surface area (Å²) in [5, 5.41) is 0. The fourth-order valence-corrected chi connectivity index (χ4v) is 2.14. The Hall–Kier alpha value is -2.08. The van der Waals surface area contributed by atoms with Crippen molar-refractivity contribution in [2.75, 3.05) is 11.9 Å². The van der Waals surface area contributed by atoms with E-state index in [0.29, 0.717) is 5.56 Å². The largest absolute Gasteiger partial charge is 0.433 e. The van der Waals surface area contributed by atoms with Gasteiger partial charge in [-0.2, -0.15) is 13.2 Å². The van der Waals surface area contributed by atoms with E-state index >= 15 is 0 Å². The number of anilines is 2. The highest BCUT2D eigenvalue weighted by atomic mass is 19.4. The van der Waals surface area contributed by atoms with E-state index in [-0.39, 0.29) is 12.4 Å². The van der Waals surface area contributed by atoms with Crippen LogP contribution in [0.4, 0.5) is 24.7 Å². The summed E-state index contributed by atoms with van der Waals surface area (Å²) in [6, 6.07) is 9.75. The van der Waals surface area contributed by atoms with Crippen molar-refractivity contribution in [3.63, 3.8) is 0 Å². The lowest BCUT2D eigenvalue weighted by molar-refractivity contribution is -0.141. The van der Waals surface area contributed by atoms with Gasteiger partial charge in [-0.3, -0.25) is 0 Å². The van der Waals surface area contributed by atoms with Crippen LogP contribution in [0.15, 0.2) is 36.4 Å². The second-order valence-corrected chi connectivity index (χ2v) is 4.73. The zero-order valence-corrected chi connectivity index (χ0v) is 11.8. The normalized spacial score (nSPS) is 11.5. The molecule has 0 saturated carbocycles. The summed E-state index contributed by atoms with van der Waals surface area (Å²) in [6.45, 7) is 2.01. The summed E-state index contributed by atoms with van der Waals surface area (Å²) >= 11 is 0. The first kappa shape index (κ1) is 15.3. The number of aryl methyl sites for hydroxylation is 1. The molecule has 0 fully saturated rings. The number of hydrogen-bond donors (Lipinski definition) is 1. The van der Waals surface area contributed by atoms with E-state index in [9.17, 15) is 13.2 Å². The topological polar surface area (TPSA) is 42.2 Å². The molecule has 0 atom stereocenters. The minimum absolute atomic E-state index is 0.122. The first-order valence-electron chi connectivity index (χ1n) is 6.41. The third kappa shape index (κ3) is 3.16. The zero-order chi connectivity index (χ0) is 15.6. The molecule has 2 aromatic rings. The van der Waals surface area contributed by atoms with Crippen molar-refractivity contribution in [3.8, 4) is 0 Å². The van der Waals surface area contributed by atoms with Crippen LogP contribution < -0.4 is 10.6 Å². The van der Waals surface area contributed by atoms with Gasteiger partial charge in [-0.25, -0.2) is 4.98 Å². The maximum Gasteiger partial charge on any atom is 0.433 e. The van der Waals surface area contributed by atoms with Gasteiger partial charge in [-0.15, -0.1) is 0 Å². The second kappa shape index (κ2) is 5.73. The Morgan fingerprint density at radius 3 is 2.38 bits per heavy atom. The number of rotatable bonds is 3. The number of hydrogen-bond acceptors (Lipinski definition) is 3. The van der Waals surface area contributed by atoms with Gasteiger partial charge in [-0.1, -0.05) is 24.3 Å². The SMILES string of the molecule is Cc1ccccc1N(C)c1nc(C(F)(F)F)ccc1CN. The average molecular weight is 295 g/mol. The summed E-state index contributed by atoms with van der Waals surface area (Å²) in [7, 11) is 1.68. The van der Waals surface area contributed by atoms with E-state index in [4.69, 9.17) is 5.73 Å². The Labute approximate surface area is 121 Å². The zero-order valence-electron chi connectivity index (χ0n) is 11.8. The van der Waals surface area contributed by atoms with E-state index in [0.717, 1.165) is 17.3 Å². The monoisotopic (exact) mass is 295 g/mol. The van der Waals surface area contributed by atoms with Gasteiger partial charge < -0.3 is 10.6 Å². The van der Waals surface area contributed by atoms with Crippen LogP contribution in [-0.2, 0) is 12.7 Å². The highest BCUT2D eigenvalue weighted by molar-refractivity contribution is 5.65. The third-order valence-corrected chi connectivity index (χ3v) is 3.26. The third-order valence-electron chi connectivity index (χ3n) is 3.26. The van der Waals surface area contributed by atoms with E-state index < -0.39 is 11.9 Å². The number of halogens is 3. The van der Waals surface area contributed by atoms with Crippen LogP contribution in [0, 0.1) is 6.92 Å². The maximum absolute atomic E-state index is 12.8. The summed E-state index contributed by atoms with van der Waals surface area (Å²) in [6.07, 6.45) is -4.48.